The van der Waals surface area contributed by atoms with E-state index in [0.29, 0.717) is 30.3 Å². The Morgan fingerprint density at radius 3 is 2.71 bits per heavy atom. The Balaban J connectivity index is 1.36. The predicted octanol–water partition coefficient (Wildman–Crippen LogP) is 5.11. The molecule has 0 aliphatic carbocycles. The van der Waals surface area contributed by atoms with Gasteiger partial charge in [0.1, 0.15) is 0 Å². The Labute approximate surface area is 205 Å². The molecule has 3 fully saturated rings. The van der Waals surface area contributed by atoms with Crippen LogP contribution in [0, 0.1) is 5.92 Å². The van der Waals surface area contributed by atoms with Crippen LogP contribution >= 0.6 is 11.3 Å². The van der Waals surface area contributed by atoms with E-state index in [-0.39, 0.29) is 5.91 Å². The Kier molecular flexibility index (Phi) is 7.02. The molecule has 0 aromatic carbocycles. The molecule has 7 heteroatoms. The van der Waals surface area contributed by atoms with Crippen LogP contribution in [0.25, 0.3) is 11.4 Å². The van der Waals surface area contributed by atoms with Crippen molar-refractivity contribution in [1.82, 2.24) is 25.2 Å². The van der Waals surface area contributed by atoms with Gasteiger partial charge < -0.3 is 5.32 Å². The zero-order valence-corrected chi connectivity index (χ0v) is 20.8. The number of pyridine rings is 1. The molecule has 4 atom stereocenters. The lowest BCUT2D eigenvalue weighted by molar-refractivity contribution is 0.0290. The number of thiophene rings is 1. The van der Waals surface area contributed by atoms with Crippen LogP contribution in [0.1, 0.15) is 72.4 Å². The molecule has 178 valence electrons. The first-order chi connectivity index (χ1) is 16.7. The third-order valence-electron chi connectivity index (χ3n) is 7.61. The van der Waals surface area contributed by atoms with E-state index in [9.17, 15) is 4.79 Å². The minimum atomic E-state index is 0.0433. The van der Waals surface area contributed by atoms with Crippen molar-refractivity contribution in [2.75, 3.05) is 19.6 Å². The molecule has 3 aliphatic rings. The Bertz CT molecular complexity index is 1100. The van der Waals surface area contributed by atoms with Crippen molar-refractivity contribution in [2.24, 2.45) is 5.92 Å². The van der Waals surface area contributed by atoms with Crippen molar-refractivity contribution in [3.8, 4) is 11.4 Å². The Hall–Kier alpha value is -2.64. The summed E-state index contributed by atoms with van der Waals surface area (Å²) in [6.07, 6.45) is 8.07. The molecule has 3 saturated heterocycles. The highest BCUT2D eigenvalue weighted by atomic mass is 32.1. The van der Waals surface area contributed by atoms with E-state index >= 15 is 0 Å². The highest BCUT2D eigenvalue weighted by molar-refractivity contribution is 7.12. The number of amides is 1. The summed E-state index contributed by atoms with van der Waals surface area (Å²) in [5.41, 5.74) is 3.37. The minimum absolute atomic E-state index is 0.0433. The molecular weight excluding hydrogens is 442 g/mol. The number of carbonyl (C=O) groups is 1. The topological polar surface area (TPSA) is 71.0 Å². The van der Waals surface area contributed by atoms with E-state index in [1.54, 1.807) is 0 Å². The minimum Gasteiger partial charge on any atom is -0.350 e. The lowest BCUT2D eigenvalue weighted by Gasteiger charge is -2.49. The quantitative estimate of drug-likeness (QED) is 0.490. The van der Waals surface area contributed by atoms with Crippen LogP contribution in [0.5, 0.6) is 0 Å². The van der Waals surface area contributed by atoms with Crippen LogP contribution < -0.4 is 5.32 Å². The van der Waals surface area contributed by atoms with Crippen molar-refractivity contribution in [3.05, 3.63) is 64.4 Å². The van der Waals surface area contributed by atoms with Crippen LogP contribution in [-0.4, -0.2) is 51.4 Å². The molecule has 0 spiro atoms. The number of hydrogen-bond donors (Lipinski definition) is 1. The summed E-state index contributed by atoms with van der Waals surface area (Å²) < 4.78 is 0. The van der Waals surface area contributed by atoms with E-state index < -0.39 is 0 Å². The summed E-state index contributed by atoms with van der Waals surface area (Å²) in [5.74, 6) is 2.31. The largest absolute Gasteiger partial charge is 0.350 e. The number of rotatable bonds is 8. The van der Waals surface area contributed by atoms with Crippen molar-refractivity contribution in [3.63, 3.8) is 0 Å². The number of carbonyl (C=O) groups excluding carboxylic acids is 1. The van der Waals surface area contributed by atoms with E-state index in [1.165, 1.54) is 23.5 Å². The van der Waals surface area contributed by atoms with Gasteiger partial charge in [-0.05, 0) is 67.8 Å². The maximum Gasteiger partial charge on any atom is 0.261 e. The highest BCUT2D eigenvalue weighted by Crippen LogP contribution is 2.42. The lowest BCUT2D eigenvalue weighted by atomic mass is 9.74. The average Bonchev–Trinajstić information content (AvgIpc) is 3.44. The summed E-state index contributed by atoms with van der Waals surface area (Å²) in [4.78, 5) is 30.0. The van der Waals surface area contributed by atoms with Crippen LogP contribution in [0.3, 0.4) is 0 Å². The molecular formula is C27H33N5OS. The van der Waals surface area contributed by atoms with Crippen molar-refractivity contribution >= 4 is 17.2 Å². The first kappa shape index (κ1) is 23.1. The van der Waals surface area contributed by atoms with Crippen LogP contribution in [0.15, 0.2) is 48.1 Å². The van der Waals surface area contributed by atoms with Gasteiger partial charge in [-0.25, -0.2) is 9.97 Å². The van der Waals surface area contributed by atoms with E-state index in [0.717, 1.165) is 54.3 Å². The first-order valence-electron chi connectivity index (χ1n) is 12.5. The summed E-state index contributed by atoms with van der Waals surface area (Å²) in [5, 5.41) is 5.11. The van der Waals surface area contributed by atoms with Crippen molar-refractivity contribution in [2.45, 2.75) is 57.4 Å². The van der Waals surface area contributed by atoms with Gasteiger partial charge in [-0.15, -0.1) is 11.3 Å². The van der Waals surface area contributed by atoms with Gasteiger partial charge in [-0.3, -0.25) is 14.7 Å². The number of piperidine rings is 3. The molecule has 1 N–H and O–H groups in total. The second-order valence-corrected chi connectivity index (χ2v) is 10.5. The molecule has 6 nitrogen and oxygen atoms in total. The number of aromatic nitrogens is 3. The third kappa shape index (κ3) is 4.77. The number of fused-ring (bicyclic) bond motifs is 3. The summed E-state index contributed by atoms with van der Waals surface area (Å²) >= 11 is 1.49. The molecule has 2 bridgehead atoms. The lowest BCUT2D eigenvalue weighted by Crippen LogP contribution is -2.56. The molecule has 1 unspecified atom stereocenters. The van der Waals surface area contributed by atoms with Gasteiger partial charge in [0.2, 0.25) is 0 Å². The zero-order valence-electron chi connectivity index (χ0n) is 20.0. The van der Waals surface area contributed by atoms with Gasteiger partial charge in [-0.2, -0.15) is 0 Å². The number of hydrogen-bond acceptors (Lipinski definition) is 6. The summed E-state index contributed by atoms with van der Waals surface area (Å²) in [6.45, 7) is 7.30. The van der Waals surface area contributed by atoms with Gasteiger partial charge in [0, 0.05) is 60.3 Å². The molecule has 6 heterocycles. The van der Waals surface area contributed by atoms with Gasteiger partial charge in [-0.1, -0.05) is 19.9 Å². The molecule has 0 radical (unpaired) electrons. The van der Waals surface area contributed by atoms with Crippen LogP contribution in [0.4, 0.5) is 0 Å². The monoisotopic (exact) mass is 475 g/mol. The SMILES string of the molecule is CCC(CC)c1cc([C@H]2CN3CC[C@H]2C[C@@H]3CNC(=O)c2cccs2)nc(-c2ccncc2)n1. The smallest absolute Gasteiger partial charge is 0.261 e. The maximum absolute atomic E-state index is 12.4. The number of nitrogens with zero attached hydrogens (tertiary/aromatic N) is 4. The average molecular weight is 476 g/mol. The molecule has 3 aromatic rings. The first-order valence-corrected chi connectivity index (χ1v) is 13.4. The van der Waals surface area contributed by atoms with Crippen molar-refractivity contribution in [1.29, 1.82) is 0 Å². The maximum atomic E-state index is 12.4. The molecule has 34 heavy (non-hydrogen) atoms. The fraction of sp³-hybridized carbons (Fsp3) is 0.481. The fourth-order valence-electron chi connectivity index (χ4n) is 5.61. The fourth-order valence-corrected chi connectivity index (χ4v) is 6.25. The van der Waals surface area contributed by atoms with E-state index in [2.05, 4.69) is 35.1 Å². The Morgan fingerprint density at radius 2 is 2.03 bits per heavy atom. The molecule has 6 rings (SSSR count). The highest BCUT2D eigenvalue weighted by Gasteiger charge is 2.41. The predicted molar refractivity (Wildman–Crippen MR) is 136 cm³/mol. The third-order valence-corrected chi connectivity index (χ3v) is 8.48. The molecule has 3 aromatic heterocycles. The second-order valence-electron chi connectivity index (χ2n) is 9.52. The molecule has 3 aliphatic heterocycles. The van der Waals surface area contributed by atoms with Gasteiger partial charge in [0.05, 0.1) is 4.88 Å². The van der Waals surface area contributed by atoms with Crippen LogP contribution in [0.2, 0.25) is 0 Å². The molecule has 1 amide bonds. The number of nitrogens with one attached hydrogen (secondary N) is 1. The van der Waals surface area contributed by atoms with E-state index in [1.807, 2.05) is 42.0 Å². The van der Waals surface area contributed by atoms with Gasteiger partial charge >= 0.3 is 0 Å². The van der Waals surface area contributed by atoms with Crippen LogP contribution in [-0.2, 0) is 0 Å². The Morgan fingerprint density at radius 1 is 1.21 bits per heavy atom. The van der Waals surface area contributed by atoms with Gasteiger partial charge in [0.25, 0.3) is 5.91 Å². The van der Waals surface area contributed by atoms with Gasteiger partial charge in [0.15, 0.2) is 5.82 Å². The summed E-state index contributed by atoms with van der Waals surface area (Å²) in [6, 6.07) is 10.5. The molecule has 0 saturated carbocycles. The zero-order chi connectivity index (χ0) is 23.5. The van der Waals surface area contributed by atoms with E-state index in [4.69, 9.17) is 9.97 Å². The second kappa shape index (κ2) is 10.3. The normalized spacial score (nSPS) is 23.9. The standard InChI is InChI=1S/C27H33N5OS/c1-3-18(4-2)23-15-24(31-26(30-23)19-7-10-28-11-8-19)22-17-32-12-9-20(22)14-21(32)16-29-27(33)25-6-5-13-34-25/h5-8,10-11,13,15,18,20-22H,3-4,9,12,14,16-17H2,1-2H3,(H,29,33)/t20-,21+,22-/m0/s1. The summed E-state index contributed by atoms with van der Waals surface area (Å²) in [7, 11) is 0. The van der Waals surface area contributed by atoms with Crippen molar-refractivity contribution < 1.29 is 4.79 Å².